The quantitative estimate of drug-likeness (QED) is 0.265. The van der Waals surface area contributed by atoms with Gasteiger partial charge in [-0.3, -0.25) is 0 Å². The minimum absolute atomic E-state index is 0.839. The van der Waals surface area contributed by atoms with Gasteiger partial charge < -0.3 is 10.7 Å². The highest BCUT2D eigenvalue weighted by atomic mass is 14.9. The van der Waals surface area contributed by atoms with Gasteiger partial charge in [0.2, 0.25) is 0 Å². The molecular weight excluding hydrogens is 388 g/mol. The van der Waals surface area contributed by atoms with Crippen molar-refractivity contribution in [1.82, 2.24) is 5.32 Å². The van der Waals surface area contributed by atoms with Crippen LogP contribution in [0.3, 0.4) is 0 Å². The lowest BCUT2D eigenvalue weighted by Crippen LogP contribution is -2.15. The number of allylic oxidation sites excluding steroid dienone is 3. The summed E-state index contributed by atoms with van der Waals surface area (Å²) in [6.07, 6.45) is 7.35. The summed E-state index contributed by atoms with van der Waals surface area (Å²) in [6, 6.07) is 23.3. The van der Waals surface area contributed by atoms with Gasteiger partial charge in [-0.1, -0.05) is 86.8 Å². The predicted octanol–water partition coefficient (Wildman–Crippen LogP) is 7.14. The molecule has 0 spiro atoms. The van der Waals surface area contributed by atoms with Gasteiger partial charge >= 0.3 is 0 Å². The van der Waals surface area contributed by atoms with Crippen molar-refractivity contribution < 1.29 is 0 Å². The van der Waals surface area contributed by atoms with E-state index < -0.39 is 0 Å². The maximum atomic E-state index is 7.38. The van der Waals surface area contributed by atoms with Crippen molar-refractivity contribution in [3.8, 4) is 11.1 Å². The van der Waals surface area contributed by atoms with Gasteiger partial charge in [-0.2, -0.15) is 0 Å². The Balaban J connectivity index is 1.73. The molecule has 0 aliphatic carbocycles. The largest absolute Gasteiger partial charge is 0.385 e. The number of rotatable bonds is 10. The molecule has 2 N–H and O–H groups in total. The topological polar surface area (TPSA) is 35.9 Å². The maximum Gasteiger partial charge on any atom is 0.0273 e. The second-order valence-electron chi connectivity index (χ2n) is 7.98. The van der Waals surface area contributed by atoms with Crippen molar-refractivity contribution >= 4 is 11.8 Å². The molecule has 0 heterocycles. The van der Waals surface area contributed by atoms with E-state index >= 15 is 0 Å². The van der Waals surface area contributed by atoms with Crippen LogP contribution < -0.4 is 5.32 Å². The van der Waals surface area contributed by atoms with Gasteiger partial charge in [0.05, 0.1) is 0 Å². The first-order chi connectivity index (χ1) is 15.5. The molecule has 0 saturated heterocycles. The summed E-state index contributed by atoms with van der Waals surface area (Å²) in [5.74, 6) is 0. The minimum Gasteiger partial charge on any atom is -0.385 e. The Hall–Kier alpha value is -3.65. The van der Waals surface area contributed by atoms with Crippen LogP contribution in [0.5, 0.6) is 0 Å². The van der Waals surface area contributed by atoms with Crippen molar-refractivity contribution in [2.24, 2.45) is 0 Å². The van der Waals surface area contributed by atoms with Crippen LogP contribution in [-0.4, -0.2) is 12.8 Å². The summed E-state index contributed by atoms with van der Waals surface area (Å²) in [5, 5.41) is 10.8. The van der Waals surface area contributed by atoms with Gasteiger partial charge in [-0.05, 0) is 76.4 Å². The smallest absolute Gasteiger partial charge is 0.0273 e. The van der Waals surface area contributed by atoms with Gasteiger partial charge in [0, 0.05) is 18.5 Å². The molecule has 2 heteroatoms. The van der Waals surface area contributed by atoms with E-state index in [2.05, 4.69) is 93.0 Å². The number of aryl methyl sites for hydroxylation is 2. The van der Waals surface area contributed by atoms with E-state index in [-0.39, 0.29) is 0 Å². The second kappa shape index (κ2) is 11.1. The molecule has 2 nitrogen and oxygen atoms in total. The van der Waals surface area contributed by atoms with Crippen molar-refractivity contribution in [3.05, 3.63) is 126 Å². The van der Waals surface area contributed by atoms with Crippen molar-refractivity contribution in [3.63, 3.8) is 0 Å². The first kappa shape index (κ1) is 23.0. The highest BCUT2D eigenvalue weighted by Crippen LogP contribution is 2.28. The van der Waals surface area contributed by atoms with Crippen LogP contribution in [0.4, 0.5) is 0 Å². The molecule has 0 bridgehead atoms. The molecule has 0 saturated carbocycles. The third kappa shape index (κ3) is 5.95. The van der Waals surface area contributed by atoms with Gasteiger partial charge in [-0.25, -0.2) is 0 Å². The van der Waals surface area contributed by atoms with Crippen molar-refractivity contribution in [2.45, 2.75) is 26.7 Å². The molecule has 32 heavy (non-hydrogen) atoms. The van der Waals surface area contributed by atoms with E-state index in [9.17, 15) is 0 Å². The Kier molecular flexibility index (Phi) is 7.99. The summed E-state index contributed by atoms with van der Waals surface area (Å²) in [4.78, 5) is 0. The molecular formula is C30H32N2. The highest BCUT2D eigenvalue weighted by molar-refractivity contribution is 5.82. The molecule has 0 unspecified atom stereocenters. The number of hydrogen-bond donors (Lipinski definition) is 2. The minimum atomic E-state index is 0.839. The van der Waals surface area contributed by atoms with Gasteiger partial charge in [0.15, 0.2) is 0 Å². The normalized spacial score (nSPS) is 11.1. The molecule has 0 radical (unpaired) electrons. The summed E-state index contributed by atoms with van der Waals surface area (Å²) < 4.78 is 0. The van der Waals surface area contributed by atoms with Gasteiger partial charge in [0.25, 0.3) is 0 Å². The third-order valence-electron chi connectivity index (χ3n) is 5.67. The molecule has 0 amide bonds. The van der Waals surface area contributed by atoms with Gasteiger partial charge in [-0.15, -0.1) is 0 Å². The molecule has 162 valence electrons. The SMILES string of the molecule is C=C/C(=C/C(=C)NCCc1cccc(CC)c1)c1cc(-c2ccc(C=N)cc2)ccc1C. The summed E-state index contributed by atoms with van der Waals surface area (Å²) in [7, 11) is 0. The van der Waals surface area contributed by atoms with E-state index in [1.54, 1.807) is 0 Å². The number of benzene rings is 3. The molecule has 0 fully saturated rings. The Labute approximate surface area is 192 Å². The van der Waals surface area contributed by atoms with E-state index in [0.29, 0.717) is 0 Å². The average Bonchev–Trinajstić information content (AvgIpc) is 2.83. The Morgan fingerprint density at radius 3 is 2.38 bits per heavy atom. The second-order valence-corrected chi connectivity index (χ2v) is 7.98. The fraction of sp³-hybridized carbons (Fsp3) is 0.167. The van der Waals surface area contributed by atoms with E-state index in [4.69, 9.17) is 5.41 Å². The Morgan fingerprint density at radius 2 is 1.69 bits per heavy atom. The molecule has 0 aromatic heterocycles. The van der Waals surface area contributed by atoms with E-state index in [0.717, 1.165) is 52.9 Å². The standard InChI is InChI=1S/C30H32N2/c1-5-24-8-7-9-25(19-24)16-17-32-23(4)18-27(6-2)30-20-29(13-10-22(30)3)28-14-11-26(21-31)12-15-28/h6-15,18-21,31-32H,2,4-5,16-17H2,1,3H3/b27-18-,31-21?. The van der Waals surface area contributed by atoms with Crippen LogP contribution in [0.15, 0.2) is 97.7 Å². The van der Waals surface area contributed by atoms with E-state index in [1.807, 2.05) is 18.2 Å². The molecule has 0 aliphatic heterocycles. The molecule has 3 rings (SSSR count). The molecule has 3 aromatic rings. The van der Waals surface area contributed by atoms with Gasteiger partial charge in [0.1, 0.15) is 0 Å². The third-order valence-corrected chi connectivity index (χ3v) is 5.67. The maximum absolute atomic E-state index is 7.38. The van der Waals surface area contributed by atoms with Crippen LogP contribution in [0.1, 0.15) is 34.7 Å². The van der Waals surface area contributed by atoms with Crippen LogP contribution >= 0.6 is 0 Å². The van der Waals surface area contributed by atoms with Crippen LogP contribution in [-0.2, 0) is 12.8 Å². The van der Waals surface area contributed by atoms with Crippen LogP contribution in [0, 0.1) is 12.3 Å². The zero-order chi connectivity index (χ0) is 22.9. The zero-order valence-electron chi connectivity index (χ0n) is 19.1. The summed E-state index contributed by atoms with van der Waals surface area (Å²) in [6.45, 7) is 13.4. The first-order valence-corrected chi connectivity index (χ1v) is 11.1. The zero-order valence-corrected chi connectivity index (χ0v) is 19.1. The van der Waals surface area contributed by atoms with Crippen molar-refractivity contribution in [1.29, 1.82) is 5.41 Å². The summed E-state index contributed by atoms with van der Waals surface area (Å²) in [5.41, 5.74) is 10.2. The average molecular weight is 421 g/mol. The fourth-order valence-electron chi connectivity index (χ4n) is 3.74. The molecule has 0 atom stereocenters. The monoisotopic (exact) mass is 420 g/mol. The van der Waals surface area contributed by atoms with Crippen LogP contribution in [0.2, 0.25) is 0 Å². The predicted molar refractivity (Wildman–Crippen MR) is 139 cm³/mol. The lowest BCUT2D eigenvalue weighted by Gasteiger charge is -2.13. The van der Waals surface area contributed by atoms with Crippen LogP contribution in [0.25, 0.3) is 16.7 Å². The first-order valence-electron chi connectivity index (χ1n) is 11.1. The molecule has 3 aromatic carbocycles. The summed E-state index contributed by atoms with van der Waals surface area (Å²) >= 11 is 0. The lowest BCUT2D eigenvalue weighted by atomic mass is 9.94. The fourth-order valence-corrected chi connectivity index (χ4v) is 3.74. The molecule has 0 aliphatic rings. The Bertz CT molecular complexity index is 1130. The van der Waals surface area contributed by atoms with Crippen molar-refractivity contribution in [2.75, 3.05) is 6.54 Å². The van der Waals surface area contributed by atoms with E-state index in [1.165, 1.54) is 22.9 Å². The number of nitrogens with one attached hydrogen (secondary N) is 2. The number of hydrogen-bond acceptors (Lipinski definition) is 2. The highest BCUT2D eigenvalue weighted by Gasteiger charge is 2.07. The Morgan fingerprint density at radius 1 is 0.969 bits per heavy atom. The lowest BCUT2D eigenvalue weighted by molar-refractivity contribution is 0.806.